The highest BCUT2D eigenvalue weighted by atomic mass is 35.5. The van der Waals surface area contributed by atoms with Crippen LogP contribution in [0.2, 0.25) is 5.02 Å². The molecule has 0 bridgehead atoms. The monoisotopic (exact) mass is 427 g/mol. The van der Waals surface area contributed by atoms with Gasteiger partial charge in [-0.05, 0) is 73.8 Å². The van der Waals surface area contributed by atoms with Gasteiger partial charge in [-0.15, -0.1) is 0 Å². The van der Waals surface area contributed by atoms with E-state index in [1.807, 2.05) is 36.4 Å². The number of hydrogen-bond donors (Lipinski definition) is 1. The van der Waals surface area contributed by atoms with Crippen molar-refractivity contribution in [3.63, 3.8) is 0 Å². The number of hydrogen-bond acceptors (Lipinski definition) is 4. The zero-order valence-electron chi connectivity index (χ0n) is 16.1. The van der Waals surface area contributed by atoms with Crippen molar-refractivity contribution in [3.05, 3.63) is 57.3 Å². The van der Waals surface area contributed by atoms with Crippen molar-refractivity contribution in [3.8, 4) is 11.8 Å². The van der Waals surface area contributed by atoms with E-state index in [2.05, 4.69) is 15.2 Å². The minimum Gasteiger partial charge on any atom is -0.495 e. The van der Waals surface area contributed by atoms with Crippen LogP contribution in [0.1, 0.15) is 42.9 Å². The minimum atomic E-state index is -0.222. The molecule has 1 saturated carbocycles. The van der Waals surface area contributed by atoms with Crippen LogP contribution in [0.3, 0.4) is 0 Å². The summed E-state index contributed by atoms with van der Waals surface area (Å²) in [4.78, 5) is 0. The molecule has 0 spiro atoms. The summed E-state index contributed by atoms with van der Waals surface area (Å²) in [5, 5.41) is 19.8. The summed E-state index contributed by atoms with van der Waals surface area (Å²) >= 11 is 12.2. The molecular formula is C22H22ClN3O2S. The highest BCUT2D eigenvalue weighted by Gasteiger charge is 2.24. The Kier molecular flexibility index (Phi) is 5.64. The molecule has 150 valence electrons. The largest absolute Gasteiger partial charge is 0.495 e. The fourth-order valence-electron chi connectivity index (χ4n) is 4.16. The Balaban J connectivity index is 1.82. The van der Waals surface area contributed by atoms with E-state index in [9.17, 15) is 10.4 Å². The van der Waals surface area contributed by atoms with Crippen molar-refractivity contribution in [2.24, 2.45) is 0 Å². The molecule has 2 aromatic carbocycles. The van der Waals surface area contributed by atoms with Crippen LogP contribution >= 0.6 is 23.8 Å². The minimum absolute atomic E-state index is 0.222. The van der Waals surface area contributed by atoms with Crippen LogP contribution in [-0.2, 0) is 6.54 Å². The van der Waals surface area contributed by atoms with Gasteiger partial charge in [0.15, 0.2) is 4.77 Å². The maximum Gasteiger partial charge on any atom is 0.181 e. The zero-order chi connectivity index (χ0) is 20.5. The highest BCUT2D eigenvalue weighted by Crippen LogP contribution is 2.34. The van der Waals surface area contributed by atoms with Crippen LogP contribution in [0.15, 0.2) is 36.4 Å². The van der Waals surface area contributed by atoms with E-state index in [-0.39, 0.29) is 12.1 Å². The summed E-state index contributed by atoms with van der Waals surface area (Å²) in [5.41, 5.74) is 3.57. The number of aliphatic hydroxyl groups excluding tert-OH is 1. The van der Waals surface area contributed by atoms with Gasteiger partial charge >= 0.3 is 0 Å². The van der Waals surface area contributed by atoms with Crippen LogP contribution in [0.4, 0.5) is 0 Å². The molecule has 0 amide bonds. The number of rotatable bonds is 4. The molecule has 0 saturated heterocycles. The predicted molar refractivity (Wildman–Crippen MR) is 116 cm³/mol. The van der Waals surface area contributed by atoms with Crippen molar-refractivity contribution in [1.82, 2.24) is 9.13 Å². The number of ether oxygens (including phenoxy) is 1. The van der Waals surface area contributed by atoms with Gasteiger partial charge in [-0.3, -0.25) is 0 Å². The van der Waals surface area contributed by atoms with Gasteiger partial charge in [0.1, 0.15) is 5.75 Å². The van der Waals surface area contributed by atoms with E-state index in [1.165, 1.54) is 0 Å². The first kappa shape index (κ1) is 20.0. The maximum atomic E-state index is 9.89. The van der Waals surface area contributed by atoms with Gasteiger partial charge in [-0.2, -0.15) is 5.26 Å². The van der Waals surface area contributed by atoms with Crippen molar-refractivity contribution in [2.75, 3.05) is 7.11 Å². The summed E-state index contributed by atoms with van der Waals surface area (Å²) in [7, 11) is 1.59. The third kappa shape index (κ3) is 3.78. The number of nitrogens with zero attached hydrogens (tertiary/aromatic N) is 3. The first-order chi connectivity index (χ1) is 14.0. The van der Waals surface area contributed by atoms with Gasteiger partial charge in [0.2, 0.25) is 0 Å². The first-order valence-corrected chi connectivity index (χ1v) is 10.5. The molecule has 4 rings (SSSR count). The molecule has 0 aliphatic heterocycles. The van der Waals surface area contributed by atoms with Gasteiger partial charge in [-0.1, -0.05) is 17.7 Å². The second kappa shape index (κ2) is 8.19. The Morgan fingerprint density at radius 2 is 1.93 bits per heavy atom. The van der Waals surface area contributed by atoms with Crippen LogP contribution in [-0.4, -0.2) is 27.5 Å². The van der Waals surface area contributed by atoms with E-state index in [4.69, 9.17) is 28.6 Å². The number of fused-ring (bicyclic) bond motifs is 1. The Hall–Kier alpha value is -2.33. The lowest BCUT2D eigenvalue weighted by Gasteiger charge is -2.27. The van der Waals surface area contributed by atoms with E-state index < -0.39 is 0 Å². The van der Waals surface area contributed by atoms with Crippen molar-refractivity contribution in [1.29, 1.82) is 5.26 Å². The summed E-state index contributed by atoms with van der Waals surface area (Å²) in [5.74, 6) is 0.633. The van der Waals surface area contributed by atoms with E-state index in [1.54, 1.807) is 7.11 Å². The Labute approximate surface area is 179 Å². The molecule has 7 heteroatoms. The highest BCUT2D eigenvalue weighted by molar-refractivity contribution is 7.71. The third-order valence-electron chi connectivity index (χ3n) is 5.68. The molecule has 3 aromatic rings. The number of imidazole rings is 1. The molecule has 1 aliphatic rings. The fraction of sp³-hybridized carbons (Fsp3) is 0.364. The molecule has 29 heavy (non-hydrogen) atoms. The molecule has 1 aromatic heterocycles. The molecule has 1 N–H and O–H groups in total. The molecule has 1 heterocycles. The number of benzene rings is 2. The van der Waals surface area contributed by atoms with Gasteiger partial charge in [0.05, 0.1) is 47.4 Å². The second-order valence-electron chi connectivity index (χ2n) is 7.49. The smallest absolute Gasteiger partial charge is 0.181 e. The van der Waals surface area contributed by atoms with E-state index in [0.717, 1.165) is 47.1 Å². The summed E-state index contributed by atoms with van der Waals surface area (Å²) in [6, 6.07) is 13.9. The SMILES string of the molecule is COc1ccc(Cn2c(=S)n(C3CCC(O)CC3)c3ccc(C#N)cc32)cc1Cl. The van der Waals surface area contributed by atoms with Gasteiger partial charge in [0, 0.05) is 6.04 Å². The Morgan fingerprint density at radius 3 is 2.59 bits per heavy atom. The molecule has 0 radical (unpaired) electrons. The molecule has 0 unspecified atom stereocenters. The average molecular weight is 428 g/mol. The van der Waals surface area contributed by atoms with Crippen molar-refractivity contribution >= 4 is 34.9 Å². The molecule has 1 fully saturated rings. The number of nitriles is 1. The quantitative estimate of drug-likeness (QED) is 0.579. The summed E-state index contributed by atoms with van der Waals surface area (Å²) in [6.45, 7) is 0.552. The van der Waals surface area contributed by atoms with E-state index in [0.29, 0.717) is 22.9 Å². The normalized spacial score (nSPS) is 19.2. The molecule has 5 nitrogen and oxygen atoms in total. The van der Waals surface area contributed by atoms with Gasteiger partial charge in [-0.25, -0.2) is 0 Å². The average Bonchev–Trinajstić information content (AvgIpc) is 3.00. The zero-order valence-corrected chi connectivity index (χ0v) is 17.7. The Bertz CT molecular complexity index is 1150. The predicted octanol–water partition coefficient (Wildman–Crippen LogP) is 5.23. The van der Waals surface area contributed by atoms with Crippen LogP contribution < -0.4 is 4.74 Å². The van der Waals surface area contributed by atoms with Crippen LogP contribution in [0, 0.1) is 16.1 Å². The van der Waals surface area contributed by atoms with Gasteiger partial charge < -0.3 is 19.0 Å². The second-order valence-corrected chi connectivity index (χ2v) is 8.26. The number of methoxy groups -OCH3 is 1. The van der Waals surface area contributed by atoms with Crippen molar-refractivity contribution in [2.45, 2.75) is 44.4 Å². The molecule has 1 aliphatic carbocycles. The standard InChI is InChI=1S/C22H22ClN3O2S/c1-28-21-9-3-15(10-18(21)23)13-25-20-11-14(12-24)2-8-19(20)26(22(25)29)16-4-6-17(27)7-5-16/h2-3,8-11,16-17,27H,4-7,13H2,1H3. The van der Waals surface area contributed by atoms with Crippen LogP contribution in [0.5, 0.6) is 5.75 Å². The van der Waals surface area contributed by atoms with Crippen molar-refractivity contribution < 1.29 is 9.84 Å². The molecule has 0 atom stereocenters. The summed E-state index contributed by atoms with van der Waals surface area (Å²) in [6.07, 6.45) is 3.12. The fourth-order valence-corrected chi connectivity index (χ4v) is 4.85. The summed E-state index contributed by atoms with van der Waals surface area (Å²) < 4.78 is 10.2. The lowest BCUT2D eigenvalue weighted by Crippen LogP contribution is -2.21. The third-order valence-corrected chi connectivity index (χ3v) is 6.39. The lowest BCUT2D eigenvalue weighted by molar-refractivity contribution is 0.111. The van der Waals surface area contributed by atoms with Gasteiger partial charge in [0.25, 0.3) is 0 Å². The number of aromatic nitrogens is 2. The maximum absolute atomic E-state index is 9.89. The van der Waals surface area contributed by atoms with Crippen LogP contribution in [0.25, 0.3) is 11.0 Å². The first-order valence-electron chi connectivity index (χ1n) is 9.67. The Morgan fingerprint density at radius 1 is 1.17 bits per heavy atom. The van der Waals surface area contributed by atoms with E-state index >= 15 is 0 Å². The topological polar surface area (TPSA) is 63.1 Å². The molecular weight excluding hydrogens is 406 g/mol. The number of aliphatic hydroxyl groups is 1. The number of halogens is 1. The lowest BCUT2D eigenvalue weighted by atomic mass is 9.93.